The average Bonchev–Trinajstić information content (AvgIpc) is 2.63. The highest BCUT2D eigenvalue weighted by atomic mass is 16.2. The van der Waals surface area contributed by atoms with Gasteiger partial charge in [0.1, 0.15) is 5.54 Å². The van der Waals surface area contributed by atoms with Gasteiger partial charge in [0.2, 0.25) is 5.91 Å². The Labute approximate surface area is 131 Å². The summed E-state index contributed by atoms with van der Waals surface area (Å²) in [7, 11) is 0. The zero-order valence-corrected chi connectivity index (χ0v) is 13.6. The number of carbonyl (C=O) groups is 3. The predicted molar refractivity (Wildman–Crippen MR) is 82.1 cm³/mol. The first-order valence-corrected chi connectivity index (χ1v) is 7.95. The van der Waals surface area contributed by atoms with Crippen molar-refractivity contribution in [1.29, 1.82) is 0 Å². The zero-order valence-electron chi connectivity index (χ0n) is 13.6. The molecular formula is C15H26N4O3. The van der Waals surface area contributed by atoms with Gasteiger partial charge in [-0.1, -0.05) is 6.92 Å². The summed E-state index contributed by atoms with van der Waals surface area (Å²) < 4.78 is 0. The highest BCUT2D eigenvalue weighted by Crippen LogP contribution is 2.17. The van der Waals surface area contributed by atoms with E-state index in [0.29, 0.717) is 18.8 Å². The minimum Gasteiger partial charge on any atom is -0.353 e. The molecule has 0 aromatic rings. The Morgan fingerprint density at radius 3 is 2.73 bits per heavy atom. The zero-order chi connectivity index (χ0) is 16.3. The van der Waals surface area contributed by atoms with Gasteiger partial charge in [-0.3, -0.25) is 14.5 Å². The Morgan fingerprint density at radius 1 is 1.41 bits per heavy atom. The number of urea groups is 1. The van der Waals surface area contributed by atoms with Crippen molar-refractivity contribution in [3.05, 3.63) is 0 Å². The minimum atomic E-state index is -0.843. The van der Waals surface area contributed by atoms with Gasteiger partial charge in [0.05, 0.1) is 0 Å². The molecule has 7 nitrogen and oxygen atoms in total. The van der Waals surface area contributed by atoms with Crippen molar-refractivity contribution in [2.75, 3.05) is 19.6 Å². The van der Waals surface area contributed by atoms with Crippen LogP contribution in [0.4, 0.5) is 4.79 Å². The fraction of sp³-hybridized carbons (Fsp3) is 0.800. The molecule has 2 fully saturated rings. The number of imide groups is 1. The molecule has 22 heavy (non-hydrogen) atoms. The van der Waals surface area contributed by atoms with Gasteiger partial charge in [-0.2, -0.15) is 0 Å². The second-order valence-corrected chi connectivity index (χ2v) is 6.76. The van der Waals surface area contributed by atoms with Crippen LogP contribution in [-0.2, 0) is 9.59 Å². The third-order valence-corrected chi connectivity index (χ3v) is 4.36. The van der Waals surface area contributed by atoms with Gasteiger partial charge >= 0.3 is 6.03 Å². The van der Waals surface area contributed by atoms with E-state index in [1.807, 2.05) is 0 Å². The number of amides is 4. The highest BCUT2D eigenvalue weighted by molar-refractivity contribution is 6.06. The van der Waals surface area contributed by atoms with E-state index < -0.39 is 5.54 Å². The van der Waals surface area contributed by atoms with Crippen LogP contribution in [0.2, 0.25) is 0 Å². The lowest BCUT2D eigenvalue weighted by atomic mass is 9.95. The van der Waals surface area contributed by atoms with E-state index in [-0.39, 0.29) is 30.4 Å². The number of nitrogens with one attached hydrogen (secondary N) is 3. The number of hydrogen-bond acceptors (Lipinski definition) is 4. The van der Waals surface area contributed by atoms with Crippen molar-refractivity contribution < 1.29 is 14.4 Å². The molecule has 0 aromatic heterocycles. The second-order valence-electron chi connectivity index (χ2n) is 6.76. The van der Waals surface area contributed by atoms with E-state index in [4.69, 9.17) is 0 Å². The van der Waals surface area contributed by atoms with Gasteiger partial charge in [0.15, 0.2) is 0 Å². The second kappa shape index (κ2) is 6.64. The predicted octanol–water partition coefficient (Wildman–Crippen LogP) is 0.211. The van der Waals surface area contributed by atoms with Crippen LogP contribution in [-0.4, -0.2) is 54.0 Å². The lowest BCUT2D eigenvalue weighted by Crippen LogP contribution is -2.48. The largest absolute Gasteiger partial charge is 0.353 e. The van der Waals surface area contributed by atoms with Crippen LogP contribution in [0.5, 0.6) is 0 Å². The van der Waals surface area contributed by atoms with Gasteiger partial charge in [-0.15, -0.1) is 0 Å². The van der Waals surface area contributed by atoms with Crippen LogP contribution in [0.3, 0.4) is 0 Å². The standard InChI is InChI=1S/C15H26N4O3/c1-10-9-16-7-6-11(10)17-12(20)5-4-8-19-13(21)15(2,3)18-14(19)22/h10-11,16H,4-9H2,1-3H3,(H,17,20)(H,18,22). The summed E-state index contributed by atoms with van der Waals surface area (Å²) in [6.45, 7) is 7.60. The van der Waals surface area contributed by atoms with Gasteiger partial charge in [-0.25, -0.2) is 4.79 Å². The van der Waals surface area contributed by atoms with Crippen LogP contribution < -0.4 is 16.0 Å². The van der Waals surface area contributed by atoms with Crippen molar-refractivity contribution in [3.63, 3.8) is 0 Å². The monoisotopic (exact) mass is 310 g/mol. The van der Waals surface area contributed by atoms with Gasteiger partial charge in [0, 0.05) is 19.0 Å². The Hall–Kier alpha value is -1.63. The number of rotatable bonds is 5. The molecule has 0 aromatic carbocycles. The van der Waals surface area contributed by atoms with Crippen LogP contribution in [0, 0.1) is 5.92 Å². The summed E-state index contributed by atoms with van der Waals surface area (Å²) in [6.07, 6.45) is 1.75. The molecule has 4 amide bonds. The number of carbonyl (C=O) groups excluding carboxylic acids is 3. The summed E-state index contributed by atoms with van der Waals surface area (Å²) in [6, 6.07) is -0.160. The van der Waals surface area contributed by atoms with Crippen LogP contribution >= 0.6 is 0 Å². The third-order valence-electron chi connectivity index (χ3n) is 4.36. The van der Waals surface area contributed by atoms with Crippen LogP contribution in [0.25, 0.3) is 0 Å². The smallest absolute Gasteiger partial charge is 0.325 e. The van der Waals surface area contributed by atoms with Crippen molar-refractivity contribution in [1.82, 2.24) is 20.9 Å². The van der Waals surface area contributed by atoms with Gasteiger partial charge in [-0.05, 0) is 45.7 Å². The molecule has 2 heterocycles. The van der Waals surface area contributed by atoms with Crippen molar-refractivity contribution in [2.24, 2.45) is 5.92 Å². The van der Waals surface area contributed by atoms with E-state index in [9.17, 15) is 14.4 Å². The van der Waals surface area contributed by atoms with E-state index >= 15 is 0 Å². The molecule has 2 rings (SSSR count). The summed E-state index contributed by atoms with van der Waals surface area (Å²) in [5.74, 6) is 0.180. The normalized spacial score (nSPS) is 27.7. The summed E-state index contributed by atoms with van der Waals surface area (Å²) in [5.41, 5.74) is -0.843. The number of piperidine rings is 1. The SMILES string of the molecule is CC1CNCCC1NC(=O)CCCN1C(=O)NC(C)(C)C1=O. The molecular weight excluding hydrogens is 284 g/mol. The topological polar surface area (TPSA) is 90.5 Å². The van der Waals surface area contributed by atoms with Crippen LogP contribution in [0.1, 0.15) is 40.0 Å². The summed E-state index contributed by atoms with van der Waals surface area (Å²) >= 11 is 0. The minimum absolute atomic E-state index is 0.00920. The molecule has 0 saturated carbocycles. The molecule has 3 N–H and O–H groups in total. The fourth-order valence-electron chi connectivity index (χ4n) is 2.93. The molecule has 0 radical (unpaired) electrons. The van der Waals surface area contributed by atoms with Crippen LogP contribution in [0.15, 0.2) is 0 Å². The molecule has 2 atom stereocenters. The highest BCUT2D eigenvalue weighted by Gasteiger charge is 2.43. The fourth-order valence-corrected chi connectivity index (χ4v) is 2.93. The molecule has 0 aliphatic carbocycles. The maximum atomic E-state index is 12.0. The molecule has 2 aliphatic heterocycles. The molecule has 2 saturated heterocycles. The number of hydrogen-bond donors (Lipinski definition) is 3. The molecule has 124 valence electrons. The Bertz CT molecular complexity index is 464. The van der Waals surface area contributed by atoms with Crippen molar-refractivity contribution in [2.45, 2.75) is 51.6 Å². The lowest BCUT2D eigenvalue weighted by molar-refractivity contribution is -0.130. The summed E-state index contributed by atoms with van der Waals surface area (Å²) in [4.78, 5) is 36.9. The average molecular weight is 310 g/mol. The van der Waals surface area contributed by atoms with E-state index in [2.05, 4.69) is 22.9 Å². The molecule has 7 heteroatoms. The first kappa shape index (κ1) is 16.7. The van der Waals surface area contributed by atoms with E-state index in [1.165, 1.54) is 4.90 Å². The maximum Gasteiger partial charge on any atom is 0.325 e. The Kier molecular flexibility index (Phi) is 5.05. The molecule has 0 bridgehead atoms. The van der Waals surface area contributed by atoms with E-state index in [1.54, 1.807) is 13.8 Å². The third kappa shape index (κ3) is 3.76. The molecule has 0 spiro atoms. The molecule has 2 unspecified atom stereocenters. The maximum absolute atomic E-state index is 12.0. The lowest BCUT2D eigenvalue weighted by Gasteiger charge is -2.30. The summed E-state index contributed by atoms with van der Waals surface area (Å²) in [5, 5.41) is 8.98. The first-order valence-electron chi connectivity index (χ1n) is 7.95. The Balaban J connectivity index is 1.73. The number of nitrogens with zero attached hydrogens (tertiary/aromatic N) is 1. The van der Waals surface area contributed by atoms with Gasteiger partial charge in [0.25, 0.3) is 5.91 Å². The van der Waals surface area contributed by atoms with Gasteiger partial charge < -0.3 is 16.0 Å². The quantitative estimate of drug-likeness (QED) is 0.633. The molecule has 2 aliphatic rings. The Morgan fingerprint density at radius 2 is 2.14 bits per heavy atom. The van der Waals surface area contributed by atoms with E-state index in [0.717, 1.165) is 19.5 Å². The van der Waals surface area contributed by atoms with Crippen molar-refractivity contribution in [3.8, 4) is 0 Å². The van der Waals surface area contributed by atoms with Crippen molar-refractivity contribution >= 4 is 17.8 Å². The first-order chi connectivity index (χ1) is 10.3.